The Hall–Kier alpha value is -2.93. The van der Waals surface area contributed by atoms with Crippen LogP contribution in [0.5, 0.6) is 0 Å². The molecule has 132 valence electrons. The molecule has 4 rings (SSSR count). The minimum absolute atomic E-state index is 0.306. The molecule has 0 aliphatic carbocycles. The van der Waals surface area contributed by atoms with E-state index in [0.717, 1.165) is 33.2 Å². The number of sulfone groups is 1. The predicted octanol–water partition coefficient (Wildman–Crippen LogP) is 4.04. The maximum absolute atomic E-state index is 12.5. The molecule has 0 aliphatic heterocycles. The summed E-state index contributed by atoms with van der Waals surface area (Å²) in [6, 6.07) is 12.8. The lowest BCUT2D eigenvalue weighted by Crippen LogP contribution is -2.13. The largest absolute Gasteiger partial charge is 0.355 e. The number of nitrogens with one attached hydrogen (secondary N) is 2. The lowest BCUT2D eigenvalue weighted by molar-refractivity contribution is 0.587. The second-order valence-electron chi connectivity index (χ2n) is 6.43. The molecule has 0 saturated heterocycles. The Morgan fingerprint density at radius 1 is 1.08 bits per heavy atom. The third-order valence-corrected chi connectivity index (χ3v) is 6.54. The zero-order chi connectivity index (χ0) is 18.3. The van der Waals surface area contributed by atoms with E-state index < -0.39 is 15.1 Å². The number of aromatic nitrogens is 3. The zero-order valence-corrected chi connectivity index (χ0v) is 15.2. The fourth-order valence-corrected chi connectivity index (χ4v) is 3.94. The molecule has 4 aromatic rings. The molecule has 2 N–H and O–H groups in total. The highest BCUT2D eigenvalue weighted by atomic mass is 32.2. The zero-order valence-electron chi connectivity index (χ0n) is 14.4. The molecule has 0 spiro atoms. The third kappa shape index (κ3) is 2.80. The second kappa shape index (κ2) is 6.10. The normalized spacial score (nSPS) is 12.1. The fourth-order valence-electron chi connectivity index (χ4n) is 2.85. The van der Waals surface area contributed by atoms with E-state index in [1.54, 1.807) is 44.4 Å². The number of anilines is 2. The molecule has 2 aromatic carbocycles. The average Bonchev–Trinajstić information content (AvgIpc) is 3.09. The number of nitrogens with zero attached hydrogens (tertiary/aromatic N) is 2. The molecule has 0 aliphatic rings. The molecule has 6 nitrogen and oxygen atoms in total. The highest BCUT2D eigenvalue weighted by Crippen LogP contribution is 2.29. The fraction of sp³-hybridized carbons (Fsp3) is 0.158. The van der Waals surface area contributed by atoms with Crippen LogP contribution in [-0.4, -0.2) is 28.8 Å². The van der Waals surface area contributed by atoms with Gasteiger partial charge in [0, 0.05) is 28.3 Å². The van der Waals surface area contributed by atoms with E-state index in [2.05, 4.69) is 20.5 Å². The summed E-state index contributed by atoms with van der Waals surface area (Å²) in [7, 11) is -3.35. The lowest BCUT2D eigenvalue weighted by Gasteiger charge is -2.12. The maximum atomic E-state index is 12.5. The average molecular weight is 366 g/mol. The molecule has 0 amide bonds. The molecule has 0 bridgehead atoms. The van der Waals surface area contributed by atoms with Crippen LogP contribution in [0.3, 0.4) is 0 Å². The van der Waals surface area contributed by atoms with Crippen molar-refractivity contribution in [1.82, 2.24) is 15.2 Å². The molecular formula is C19H18N4O2S. The summed E-state index contributed by atoms with van der Waals surface area (Å²) in [5.41, 5.74) is 3.35. The molecule has 0 saturated carbocycles. The summed E-state index contributed by atoms with van der Waals surface area (Å²) in [6.07, 6.45) is 3.47. The summed E-state index contributed by atoms with van der Waals surface area (Å²) < 4.78 is 25.0. The van der Waals surface area contributed by atoms with Gasteiger partial charge >= 0.3 is 0 Å². The smallest absolute Gasteiger partial charge is 0.180 e. The van der Waals surface area contributed by atoms with Crippen molar-refractivity contribution in [2.45, 2.75) is 24.0 Å². The van der Waals surface area contributed by atoms with Gasteiger partial charge in [0.2, 0.25) is 0 Å². The van der Waals surface area contributed by atoms with Crippen molar-refractivity contribution >= 4 is 43.0 Å². The summed E-state index contributed by atoms with van der Waals surface area (Å²) >= 11 is 0. The molecular weight excluding hydrogens is 348 g/mol. The van der Waals surface area contributed by atoms with Gasteiger partial charge in [-0.05, 0) is 56.3 Å². The van der Waals surface area contributed by atoms with Crippen molar-refractivity contribution in [2.75, 3.05) is 5.32 Å². The predicted molar refractivity (Wildman–Crippen MR) is 103 cm³/mol. The van der Waals surface area contributed by atoms with Gasteiger partial charge in [-0.2, -0.15) is 5.10 Å². The van der Waals surface area contributed by atoms with Crippen LogP contribution in [0.4, 0.5) is 11.4 Å². The summed E-state index contributed by atoms with van der Waals surface area (Å²) in [4.78, 5) is 4.65. The van der Waals surface area contributed by atoms with E-state index in [0.29, 0.717) is 4.90 Å². The summed E-state index contributed by atoms with van der Waals surface area (Å²) in [5, 5.41) is 11.6. The van der Waals surface area contributed by atoms with Gasteiger partial charge in [0.05, 0.1) is 27.4 Å². The standard InChI is InChI=1S/C19H18N4O2S/c1-12(2)26(24,25)15-5-6-17-16(10-15)18(7-8-20-17)22-14-4-3-13-11-21-23-19(13)9-14/h3-12H,1-2H3,(H,20,22)(H,21,23). The number of H-pyrrole nitrogens is 1. The van der Waals surface area contributed by atoms with E-state index in [4.69, 9.17) is 0 Å². The molecule has 0 atom stereocenters. The minimum Gasteiger partial charge on any atom is -0.355 e. The van der Waals surface area contributed by atoms with Crippen LogP contribution < -0.4 is 5.32 Å². The molecule has 7 heteroatoms. The van der Waals surface area contributed by atoms with Crippen molar-refractivity contribution in [3.63, 3.8) is 0 Å². The monoisotopic (exact) mass is 366 g/mol. The Morgan fingerprint density at radius 2 is 1.92 bits per heavy atom. The van der Waals surface area contributed by atoms with Gasteiger partial charge in [-0.1, -0.05) is 0 Å². The highest BCUT2D eigenvalue weighted by Gasteiger charge is 2.20. The Labute approximate surface area is 151 Å². The number of fused-ring (bicyclic) bond motifs is 2. The van der Waals surface area contributed by atoms with Gasteiger partial charge in [-0.3, -0.25) is 10.1 Å². The Balaban J connectivity index is 1.81. The third-order valence-electron chi connectivity index (χ3n) is 4.38. The van der Waals surface area contributed by atoms with Crippen molar-refractivity contribution in [1.29, 1.82) is 0 Å². The summed E-state index contributed by atoms with van der Waals surface area (Å²) in [6.45, 7) is 3.36. The van der Waals surface area contributed by atoms with Gasteiger partial charge in [0.15, 0.2) is 9.84 Å². The molecule has 0 radical (unpaired) electrons. The van der Waals surface area contributed by atoms with E-state index in [1.165, 1.54) is 0 Å². The van der Waals surface area contributed by atoms with Crippen molar-refractivity contribution in [3.8, 4) is 0 Å². The van der Waals surface area contributed by atoms with Gasteiger partial charge in [0.1, 0.15) is 0 Å². The van der Waals surface area contributed by atoms with Gasteiger partial charge < -0.3 is 5.32 Å². The molecule has 2 aromatic heterocycles. The van der Waals surface area contributed by atoms with Crippen LogP contribution in [0.25, 0.3) is 21.8 Å². The Morgan fingerprint density at radius 3 is 2.73 bits per heavy atom. The van der Waals surface area contributed by atoms with E-state index >= 15 is 0 Å². The number of hydrogen-bond donors (Lipinski definition) is 2. The number of pyridine rings is 1. The first kappa shape index (κ1) is 16.5. The van der Waals surface area contributed by atoms with E-state index in [1.807, 2.05) is 24.3 Å². The molecule has 0 fully saturated rings. The van der Waals surface area contributed by atoms with Gasteiger partial charge in [-0.25, -0.2) is 8.42 Å². The number of benzene rings is 2. The number of rotatable bonds is 4. The first-order valence-corrected chi connectivity index (χ1v) is 9.82. The number of aromatic amines is 1. The van der Waals surface area contributed by atoms with Crippen LogP contribution in [0.2, 0.25) is 0 Å². The van der Waals surface area contributed by atoms with E-state index in [9.17, 15) is 8.42 Å². The van der Waals surface area contributed by atoms with Crippen molar-refractivity contribution in [3.05, 3.63) is 54.9 Å². The Bertz CT molecular complexity index is 1210. The lowest BCUT2D eigenvalue weighted by atomic mass is 10.1. The quantitative estimate of drug-likeness (QED) is 0.569. The first-order chi connectivity index (χ1) is 12.4. The van der Waals surface area contributed by atoms with E-state index in [-0.39, 0.29) is 0 Å². The molecule has 26 heavy (non-hydrogen) atoms. The van der Waals surface area contributed by atoms with Crippen LogP contribution in [0, 0.1) is 0 Å². The highest BCUT2D eigenvalue weighted by molar-refractivity contribution is 7.92. The minimum atomic E-state index is -3.35. The van der Waals surface area contributed by atoms with Gasteiger partial charge in [0.25, 0.3) is 0 Å². The van der Waals surface area contributed by atoms with Crippen LogP contribution >= 0.6 is 0 Å². The van der Waals surface area contributed by atoms with Crippen molar-refractivity contribution in [2.24, 2.45) is 0 Å². The molecule has 2 heterocycles. The van der Waals surface area contributed by atoms with Crippen LogP contribution in [0.1, 0.15) is 13.8 Å². The van der Waals surface area contributed by atoms with Crippen molar-refractivity contribution < 1.29 is 8.42 Å². The summed E-state index contributed by atoms with van der Waals surface area (Å²) in [5.74, 6) is 0. The maximum Gasteiger partial charge on any atom is 0.180 e. The molecule has 0 unspecified atom stereocenters. The Kier molecular flexibility index (Phi) is 3.88. The first-order valence-electron chi connectivity index (χ1n) is 8.28. The number of hydrogen-bond acceptors (Lipinski definition) is 5. The topological polar surface area (TPSA) is 87.7 Å². The van der Waals surface area contributed by atoms with Crippen LogP contribution in [0.15, 0.2) is 59.8 Å². The van der Waals surface area contributed by atoms with Crippen LogP contribution in [-0.2, 0) is 9.84 Å². The SMILES string of the molecule is CC(C)S(=O)(=O)c1ccc2nccc(Nc3ccc4cn[nH]c4c3)c2c1. The second-order valence-corrected chi connectivity index (χ2v) is 8.93. The van der Waals surface area contributed by atoms with Gasteiger partial charge in [-0.15, -0.1) is 0 Å².